The Hall–Kier alpha value is -3.19. The molecule has 9 heteroatoms. The van der Waals surface area contributed by atoms with Gasteiger partial charge in [-0.25, -0.2) is 4.79 Å². The lowest BCUT2D eigenvalue weighted by Crippen LogP contribution is -2.40. The first-order valence-corrected chi connectivity index (χ1v) is 14.0. The molecule has 2 N–H and O–H groups in total. The first kappa shape index (κ1) is 24.9. The van der Waals surface area contributed by atoms with Crippen molar-refractivity contribution in [2.24, 2.45) is 5.73 Å². The van der Waals surface area contributed by atoms with E-state index in [1.54, 1.807) is 36.5 Å². The van der Waals surface area contributed by atoms with Crippen molar-refractivity contribution in [2.75, 3.05) is 19.1 Å². The molecule has 0 radical (unpaired) electrons. The quantitative estimate of drug-likeness (QED) is 0.392. The van der Waals surface area contributed by atoms with E-state index in [9.17, 15) is 14.9 Å². The van der Waals surface area contributed by atoms with Crippen molar-refractivity contribution in [2.45, 2.75) is 22.6 Å². The zero-order valence-electron chi connectivity index (χ0n) is 19.4. The van der Waals surface area contributed by atoms with Crippen LogP contribution in [0, 0.1) is 11.3 Å². The van der Waals surface area contributed by atoms with Gasteiger partial charge in [-0.1, -0.05) is 24.3 Å². The van der Waals surface area contributed by atoms with Crippen LogP contribution in [0.15, 0.2) is 68.7 Å². The third-order valence-electron chi connectivity index (χ3n) is 5.63. The molecule has 2 aromatic carbocycles. The van der Waals surface area contributed by atoms with Gasteiger partial charge in [-0.2, -0.15) is 5.26 Å². The third-order valence-corrected chi connectivity index (χ3v) is 8.22. The molecule has 0 fully saturated rings. The number of nitrogens with two attached hydrogens (primary N) is 1. The molecule has 4 rings (SSSR count). The van der Waals surface area contributed by atoms with E-state index in [0.29, 0.717) is 9.20 Å². The van der Waals surface area contributed by atoms with Gasteiger partial charge < -0.3 is 10.5 Å². The first-order valence-electron chi connectivity index (χ1n) is 10.8. The summed E-state index contributed by atoms with van der Waals surface area (Å²) in [5.41, 5.74) is 8.01. The van der Waals surface area contributed by atoms with Crippen molar-refractivity contribution in [3.05, 3.63) is 84.8 Å². The fourth-order valence-corrected chi connectivity index (χ4v) is 5.92. The van der Waals surface area contributed by atoms with Gasteiger partial charge in [0.15, 0.2) is 0 Å². The minimum absolute atomic E-state index is 0.0353. The molecule has 0 bridgehead atoms. The van der Waals surface area contributed by atoms with E-state index in [4.69, 9.17) is 10.5 Å². The van der Waals surface area contributed by atoms with Crippen LogP contribution >= 0.6 is 34.9 Å². The number of nitrogens with zero attached hydrogens (tertiary/aromatic N) is 2. The van der Waals surface area contributed by atoms with Crippen molar-refractivity contribution in [1.82, 2.24) is 4.57 Å². The Morgan fingerprint density at radius 1 is 1.14 bits per heavy atom. The highest BCUT2D eigenvalue weighted by Gasteiger charge is 2.36. The standard InChI is InChI=1S/C26H23N3O3S3/c1-4-32-26(31)22-21(16-7-11-18(34-3)12-8-16)19(14-27)23(28)29-24(30)20(35-25(22)29)13-15-5-9-17(33-2)10-6-15/h5-13,21H,4,28H2,1-3H3/b20-13-. The number of fused-ring (bicyclic) bond motifs is 1. The fraction of sp³-hybridized carbons (Fsp3) is 0.192. The maximum absolute atomic E-state index is 13.4. The molecule has 1 aliphatic rings. The molecular weight excluding hydrogens is 499 g/mol. The smallest absolute Gasteiger partial charge is 0.338 e. The van der Waals surface area contributed by atoms with Crippen LogP contribution in [0.5, 0.6) is 0 Å². The first-order chi connectivity index (χ1) is 16.9. The van der Waals surface area contributed by atoms with Crippen LogP contribution in [0.1, 0.15) is 24.0 Å². The van der Waals surface area contributed by atoms with Gasteiger partial charge in [0.1, 0.15) is 10.5 Å². The molecule has 2 heterocycles. The van der Waals surface area contributed by atoms with Gasteiger partial charge in [0.2, 0.25) is 0 Å². The zero-order valence-corrected chi connectivity index (χ0v) is 21.9. The number of thiazole rings is 1. The Morgan fingerprint density at radius 2 is 1.74 bits per heavy atom. The summed E-state index contributed by atoms with van der Waals surface area (Å²) < 4.78 is 7.45. The number of benzene rings is 2. The number of carbonyl (C=O) groups is 1. The Morgan fingerprint density at radius 3 is 2.29 bits per heavy atom. The van der Waals surface area contributed by atoms with Crippen LogP contribution in [-0.4, -0.2) is 29.7 Å². The molecule has 1 aliphatic heterocycles. The molecule has 0 amide bonds. The lowest BCUT2D eigenvalue weighted by molar-refractivity contribution is -0.136. The summed E-state index contributed by atoms with van der Waals surface area (Å²) in [6.45, 7) is 1.88. The topological polar surface area (TPSA) is 98.1 Å². The number of ether oxygens (including phenoxy) is 1. The van der Waals surface area contributed by atoms with E-state index < -0.39 is 11.9 Å². The third kappa shape index (κ3) is 4.69. The fourth-order valence-electron chi connectivity index (χ4n) is 3.93. The van der Waals surface area contributed by atoms with Gasteiger partial charge in [0.25, 0.3) is 5.56 Å². The summed E-state index contributed by atoms with van der Waals surface area (Å²) in [5, 5.41) is 10.1. The summed E-state index contributed by atoms with van der Waals surface area (Å²) in [6, 6.07) is 17.6. The minimum Gasteiger partial charge on any atom is -0.463 e. The van der Waals surface area contributed by atoms with Crippen LogP contribution in [-0.2, 0) is 9.53 Å². The second kappa shape index (κ2) is 10.6. The highest BCUT2D eigenvalue weighted by Crippen LogP contribution is 2.37. The van der Waals surface area contributed by atoms with E-state index >= 15 is 0 Å². The number of thioether (sulfide) groups is 2. The number of esters is 1. The van der Waals surface area contributed by atoms with Crippen LogP contribution in [0.25, 0.3) is 17.5 Å². The molecule has 0 spiro atoms. The van der Waals surface area contributed by atoms with E-state index in [-0.39, 0.29) is 29.1 Å². The number of aromatic nitrogens is 1. The van der Waals surface area contributed by atoms with Gasteiger partial charge in [0.05, 0.1) is 34.3 Å². The number of allylic oxidation sites excluding steroid dienone is 1. The van der Waals surface area contributed by atoms with Crippen molar-refractivity contribution in [1.29, 1.82) is 5.26 Å². The Labute approximate surface area is 215 Å². The molecule has 1 atom stereocenters. The van der Waals surface area contributed by atoms with Crippen LogP contribution < -0.4 is 20.5 Å². The Kier molecular flexibility index (Phi) is 7.55. The second-order valence-electron chi connectivity index (χ2n) is 7.58. The molecule has 3 aromatic rings. The zero-order chi connectivity index (χ0) is 25.1. The Balaban J connectivity index is 2.03. The summed E-state index contributed by atoms with van der Waals surface area (Å²) in [6.07, 6.45) is 5.74. The maximum atomic E-state index is 13.4. The maximum Gasteiger partial charge on any atom is 0.338 e. The van der Waals surface area contributed by atoms with Gasteiger partial charge >= 0.3 is 5.97 Å². The molecule has 1 unspecified atom stereocenters. The molecule has 0 saturated carbocycles. The SMILES string of the molecule is CCOC(=O)C1=c2s/c(=C\c3ccc(SC)cc3)c(=O)n2C(N)=C(C#N)C1c1ccc(SC)cc1. The van der Waals surface area contributed by atoms with E-state index in [2.05, 4.69) is 6.07 Å². The van der Waals surface area contributed by atoms with Gasteiger partial charge in [-0.3, -0.25) is 9.36 Å². The predicted molar refractivity (Wildman–Crippen MR) is 144 cm³/mol. The normalized spacial score (nSPS) is 15.7. The summed E-state index contributed by atoms with van der Waals surface area (Å²) in [4.78, 5) is 28.8. The molecule has 178 valence electrons. The average Bonchev–Trinajstić information content (AvgIpc) is 3.20. The highest BCUT2D eigenvalue weighted by molar-refractivity contribution is 7.98. The van der Waals surface area contributed by atoms with Gasteiger partial charge in [-0.05, 0) is 60.9 Å². The van der Waals surface area contributed by atoms with Crippen molar-refractivity contribution in [3.63, 3.8) is 0 Å². The van der Waals surface area contributed by atoms with Gasteiger partial charge in [0, 0.05) is 9.79 Å². The number of carbonyl (C=O) groups excluding carboxylic acids is 1. The molecule has 0 saturated heterocycles. The second-order valence-corrected chi connectivity index (χ2v) is 10.4. The van der Waals surface area contributed by atoms with Crippen molar-refractivity contribution >= 4 is 58.3 Å². The van der Waals surface area contributed by atoms with Crippen molar-refractivity contribution < 1.29 is 9.53 Å². The number of hydrogen-bond donors (Lipinski definition) is 1. The largest absolute Gasteiger partial charge is 0.463 e. The van der Waals surface area contributed by atoms with Crippen LogP contribution in [0.4, 0.5) is 0 Å². The van der Waals surface area contributed by atoms with Crippen LogP contribution in [0.2, 0.25) is 0 Å². The number of nitriles is 1. The van der Waals surface area contributed by atoms with Crippen LogP contribution in [0.3, 0.4) is 0 Å². The average molecular weight is 522 g/mol. The summed E-state index contributed by atoms with van der Waals surface area (Å²) >= 11 is 4.40. The molecular formula is C26H23N3O3S3. The lowest BCUT2D eigenvalue weighted by Gasteiger charge is -2.24. The molecule has 35 heavy (non-hydrogen) atoms. The molecule has 1 aromatic heterocycles. The molecule has 0 aliphatic carbocycles. The highest BCUT2D eigenvalue weighted by atomic mass is 32.2. The van der Waals surface area contributed by atoms with E-state index in [1.165, 1.54) is 15.9 Å². The van der Waals surface area contributed by atoms with Gasteiger partial charge in [-0.15, -0.1) is 34.9 Å². The minimum atomic E-state index is -0.735. The Bertz CT molecular complexity index is 1530. The number of hydrogen-bond acceptors (Lipinski definition) is 8. The summed E-state index contributed by atoms with van der Waals surface area (Å²) in [5.74, 6) is -1.27. The number of rotatable bonds is 6. The predicted octanol–water partition coefficient (Wildman–Crippen LogP) is 3.34. The van der Waals surface area contributed by atoms with E-state index in [0.717, 1.165) is 20.9 Å². The monoisotopic (exact) mass is 521 g/mol. The molecule has 6 nitrogen and oxygen atoms in total. The lowest BCUT2D eigenvalue weighted by atomic mass is 9.84. The van der Waals surface area contributed by atoms with E-state index in [1.807, 2.05) is 61.0 Å². The van der Waals surface area contributed by atoms with Crippen molar-refractivity contribution in [3.8, 4) is 6.07 Å². The summed E-state index contributed by atoms with van der Waals surface area (Å²) in [7, 11) is 0.